The van der Waals surface area contributed by atoms with Crippen LogP contribution < -0.4 is 5.32 Å². The van der Waals surface area contributed by atoms with Crippen LogP contribution in [0.2, 0.25) is 0 Å². The number of urea groups is 1. The van der Waals surface area contributed by atoms with Crippen LogP contribution >= 0.6 is 0 Å². The molecule has 0 aliphatic carbocycles. The maximum Gasteiger partial charge on any atom is 0.317 e. The Balaban J connectivity index is 3.97. The lowest BCUT2D eigenvalue weighted by Crippen LogP contribution is -2.39. The fourth-order valence-electron chi connectivity index (χ4n) is 1.69. The summed E-state index contributed by atoms with van der Waals surface area (Å²) in [6, 6.07) is -0.128. The predicted octanol–water partition coefficient (Wildman–Crippen LogP) is 2.49. The minimum absolute atomic E-state index is 0.0847. The highest BCUT2D eigenvalue weighted by atomic mass is 16.4. The van der Waals surface area contributed by atoms with Crippen molar-refractivity contribution in [3.8, 4) is 0 Å². The Kier molecular flexibility index (Phi) is 7.19. The summed E-state index contributed by atoms with van der Waals surface area (Å²) in [5.41, 5.74) is 0.845. The van der Waals surface area contributed by atoms with Crippen molar-refractivity contribution in [2.75, 3.05) is 20.1 Å². The van der Waals surface area contributed by atoms with E-state index in [-0.39, 0.29) is 17.9 Å². The van der Waals surface area contributed by atoms with E-state index in [2.05, 4.69) is 11.9 Å². The normalized spacial score (nSPS) is 10.9. The number of nitrogens with one attached hydrogen (secondary N) is 1. The maximum atomic E-state index is 11.7. The van der Waals surface area contributed by atoms with E-state index in [1.807, 2.05) is 20.8 Å². The van der Waals surface area contributed by atoms with Crippen molar-refractivity contribution >= 4 is 12.0 Å². The highest BCUT2D eigenvalue weighted by Crippen LogP contribution is 2.25. The highest BCUT2D eigenvalue weighted by molar-refractivity contribution is 5.74. The number of amides is 2. The molecule has 2 N–H and O–H groups in total. The van der Waals surface area contributed by atoms with Gasteiger partial charge in [-0.15, -0.1) is 0 Å². The van der Waals surface area contributed by atoms with Gasteiger partial charge in [0, 0.05) is 26.6 Å². The molecule has 110 valence electrons. The van der Waals surface area contributed by atoms with Gasteiger partial charge < -0.3 is 15.3 Å². The molecule has 0 saturated heterocycles. The van der Waals surface area contributed by atoms with Crippen LogP contribution in [-0.4, -0.2) is 42.1 Å². The van der Waals surface area contributed by atoms with Crippen molar-refractivity contribution < 1.29 is 14.7 Å². The molecule has 0 aromatic carbocycles. The van der Waals surface area contributed by atoms with Gasteiger partial charge in [0.15, 0.2) is 0 Å². The van der Waals surface area contributed by atoms with Gasteiger partial charge in [-0.25, -0.2) is 4.79 Å². The molecule has 0 aliphatic rings. The Labute approximate surface area is 115 Å². The van der Waals surface area contributed by atoms with Crippen LogP contribution in [0, 0.1) is 5.41 Å². The molecule has 5 heteroatoms. The Morgan fingerprint density at radius 2 is 1.89 bits per heavy atom. The maximum absolute atomic E-state index is 11.7. The number of carboxylic acid groups (broad SMARTS) is 1. The second-order valence-electron chi connectivity index (χ2n) is 5.85. The summed E-state index contributed by atoms with van der Waals surface area (Å²) >= 11 is 0. The lowest BCUT2D eigenvalue weighted by molar-refractivity contribution is -0.137. The summed E-state index contributed by atoms with van der Waals surface area (Å²) in [6.07, 6.45) is 1.53. The molecule has 0 rings (SSSR count). The van der Waals surface area contributed by atoms with Crippen LogP contribution in [0.1, 0.15) is 40.0 Å². The number of hydrogen-bond donors (Lipinski definition) is 2. The van der Waals surface area contributed by atoms with Gasteiger partial charge in [0.05, 0.1) is 0 Å². The van der Waals surface area contributed by atoms with Crippen LogP contribution in [0.4, 0.5) is 4.79 Å². The van der Waals surface area contributed by atoms with Crippen LogP contribution in [0.3, 0.4) is 0 Å². The van der Waals surface area contributed by atoms with Crippen molar-refractivity contribution in [3.05, 3.63) is 12.2 Å². The molecule has 0 aliphatic heterocycles. The second kappa shape index (κ2) is 7.81. The van der Waals surface area contributed by atoms with Gasteiger partial charge >= 0.3 is 12.0 Å². The number of carboxylic acids is 1. The van der Waals surface area contributed by atoms with E-state index in [1.165, 1.54) is 0 Å². The fourth-order valence-corrected chi connectivity index (χ4v) is 1.69. The highest BCUT2D eigenvalue weighted by Gasteiger charge is 2.19. The number of nitrogens with zero attached hydrogens (tertiary/aromatic N) is 1. The van der Waals surface area contributed by atoms with Crippen LogP contribution in [0.15, 0.2) is 12.2 Å². The minimum Gasteiger partial charge on any atom is -0.481 e. The first kappa shape index (κ1) is 17.5. The lowest BCUT2D eigenvalue weighted by Gasteiger charge is -2.25. The van der Waals surface area contributed by atoms with E-state index in [0.29, 0.717) is 19.5 Å². The fraction of sp³-hybridized carbons (Fsp3) is 0.714. The molecule has 0 aromatic heterocycles. The number of aliphatic carboxylic acids is 1. The van der Waals surface area contributed by atoms with E-state index in [1.54, 1.807) is 11.9 Å². The molecule has 0 saturated carbocycles. The Morgan fingerprint density at radius 1 is 1.32 bits per heavy atom. The van der Waals surface area contributed by atoms with Crippen LogP contribution in [0.5, 0.6) is 0 Å². The molecule has 0 aromatic rings. The average molecular weight is 270 g/mol. The van der Waals surface area contributed by atoms with Gasteiger partial charge in [-0.2, -0.15) is 0 Å². The molecule has 0 fully saturated rings. The summed E-state index contributed by atoms with van der Waals surface area (Å²) in [6.45, 7) is 10.7. The zero-order valence-corrected chi connectivity index (χ0v) is 12.5. The van der Waals surface area contributed by atoms with Crippen molar-refractivity contribution in [2.24, 2.45) is 5.41 Å². The molecule has 5 nitrogen and oxygen atoms in total. The van der Waals surface area contributed by atoms with Gasteiger partial charge in [0.1, 0.15) is 0 Å². The van der Waals surface area contributed by atoms with Crippen molar-refractivity contribution in [2.45, 2.75) is 40.0 Å². The van der Waals surface area contributed by atoms with E-state index < -0.39 is 5.97 Å². The Hall–Kier alpha value is -1.52. The molecule has 0 bridgehead atoms. The molecule has 0 heterocycles. The molecule has 0 unspecified atom stereocenters. The molecule has 0 atom stereocenters. The first-order valence-electron chi connectivity index (χ1n) is 6.49. The third-order valence-corrected chi connectivity index (χ3v) is 2.95. The monoisotopic (exact) mass is 270 g/mol. The smallest absolute Gasteiger partial charge is 0.317 e. The second-order valence-corrected chi connectivity index (χ2v) is 5.85. The topological polar surface area (TPSA) is 69.6 Å². The SMILES string of the molecule is C=C(C)CN(C)C(=O)NCCC(C)(C)CCC(=O)O. The summed E-state index contributed by atoms with van der Waals surface area (Å²) in [5, 5.41) is 11.5. The van der Waals surface area contributed by atoms with Crippen molar-refractivity contribution in [1.82, 2.24) is 10.2 Å². The van der Waals surface area contributed by atoms with E-state index in [9.17, 15) is 9.59 Å². The van der Waals surface area contributed by atoms with Gasteiger partial charge in [0.2, 0.25) is 0 Å². The molecular formula is C14H26N2O3. The van der Waals surface area contributed by atoms with Crippen molar-refractivity contribution in [3.63, 3.8) is 0 Å². The summed E-state index contributed by atoms with van der Waals surface area (Å²) in [5.74, 6) is -0.779. The number of carbonyl (C=O) groups is 2. The third kappa shape index (κ3) is 9.11. The zero-order valence-electron chi connectivity index (χ0n) is 12.5. The largest absolute Gasteiger partial charge is 0.481 e. The molecule has 0 spiro atoms. The van der Waals surface area contributed by atoms with Gasteiger partial charge in [-0.3, -0.25) is 4.79 Å². The number of likely N-dealkylation sites (N-methyl/N-ethyl adjacent to an activating group) is 1. The van der Waals surface area contributed by atoms with E-state index >= 15 is 0 Å². The summed E-state index contributed by atoms with van der Waals surface area (Å²) in [7, 11) is 1.72. The number of hydrogen-bond acceptors (Lipinski definition) is 2. The van der Waals surface area contributed by atoms with Gasteiger partial charge in [-0.05, 0) is 25.2 Å². The first-order chi connectivity index (χ1) is 8.64. The standard InChI is InChI=1S/C14H26N2O3/c1-11(2)10-16(5)13(19)15-9-8-14(3,4)7-6-12(17)18/h1,6-10H2,2-5H3,(H,15,19)(H,17,18). The van der Waals surface area contributed by atoms with Gasteiger partial charge in [0.25, 0.3) is 0 Å². The first-order valence-corrected chi connectivity index (χ1v) is 6.49. The van der Waals surface area contributed by atoms with E-state index in [4.69, 9.17) is 5.11 Å². The van der Waals surface area contributed by atoms with Crippen LogP contribution in [0.25, 0.3) is 0 Å². The molecule has 0 radical (unpaired) electrons. The quantitative estimate of drug-likeness (QED) is 0.666. The summed E-state index contributed by atoms with van der Waals surface area (Å²) in [4.78, 5) is 23.8. The third-order valence-electron chi connectivity index (χ3n) is 2.95. The molecule has 2 amide bonds. The van der Waals surface area contributed by atoms with Crippen LogP contribution in [-0.2, 0) is 4.79 Å². The van der Waals surface area contributed by atoms with Gasteiger partial charge in [-0.1, -0.05) is 26.0 Å². The lowest BCUT2D eigenvalue weighted by atomic mass is 9.84. The van der Waals surface area contributed by atoms with E-state index in [0.717, 1.165) is 12.0 Å². The number of carbonyl (C=O) groups excluding carboxylic acids is 1. The summed E-state index contributed by atoms with van der Waals surface area (Å²) < 4.78 is 0. The number of rotatable bonds is 8. The Morgan fingerprint density at radius 3 is 2.37 bits per heavy atom. The Bertz CT molecular complexity index is 338. The predicted molar refractivity (Wildman–Crippen MR) is 76.1 cm³/mol. The molecular weight excluding hydrogens is 244 g/mol. The molecule has 19 heavy (non-hydrogen) atoms. The average Bonchev–Trinajstić information content (AvgIpc) is 2.25. The van der Waals surface area contributed by atoms with Crippen molar-refractivity contribution in [1.29, 1.82) is 0 Å². The minimum atomic E-state index is -0.779. The zero-order chi connectivity index (χ0) is 15.1.